The quantitative estimate of drug-likeness (QED) is 0.906. The summed E-state index contributed by atoms with van der Waals surface area (Å²) in [4.78, 5) is 2.44. The van der Waals surface area contributed by atoms with Gasteiger partial charge in [0.1, 0.15) is 0 Å². The Morgan fingerprint density at radius 1 is 1.15 bits per heavy atom. The first-order valence-corrected chi connectivity index (χ1v) is 7.90. The summed E-state index contributed by atoms with van der Waals surface area (Å²) in [6.07, 6.45) is 1.26. The molecule has 3 unspecified atom stereocenters. The Labute approximate surface area is 124 Å². The number of rotatable bonds is 3. The molecule has 2 rings (SSSR count). The second-order valence-corrected chi connectivity index (χ2v) is 6.82. The zero-order valence-electron chi connectivity index (χ0n) is 14.0. The molecule has 0 saturated carbocycles. The van der Waals surface area contributed by atoms with E-state index in [9.17, 15) is 0 Å². The molecule has 0 amide bonds. The van der Waals surface area contributed by atoms with E-state index in [0.717, 1.165) is 5.92 Å². The Hall–Kier alpha value is -0.860. The third-order valence-electron chi connectivity index (χ3n) is 4.92. The Bertz CT molecular complexity index is 467. The molecule has 1 saturated heterocycles. The van der Waals surface area contributed by atoms with Gasteiger partial charge in [-0.25, -0.2) is 0 Å². The zero-order chi connectivity index (χ0) is 14.9. The number of aryl methyl sites for hydroxylation is 3. The van der Waals surface area contributed by atoms with Crippen LogP contribution in [-0.2, 0) is 0 Å². The Morgan fingerprint density at radius 3 is 2.45 bits per heavy atom. The van der Waals surface area contributed by atoms with Crippen molar-refractivity contribution in [1.29, 1.82) is 0 Å². The standard InChI is InChI=1S/C18H30N2/c1-12-9-14(3)17(10-13(12)2)16(5)19-18-7-8-20(6)11-15(18)4/h9-10,15-16,18-19H,7-8,11H2,1-6H3. The molecular weight excluding hydrogens is 244 g/mol. The lowest BCUT2D eigenvalue weighted by molar-refractivity contribution is 0.168. The van der Waals surface area contributed by atoms with Crippen LogP contribution in [0.5, 0.6) is 0 Å². The van der Waals surface area contributed by atoms with E-state index in [-0.39, 0.29) is 0 Å². The molecule has 3 atom stereocenters. The summed E-state index contributed by atoms with van der Waals surface area (Å²) in [5.41, 5.74) is 5.66. The molecule has 20 heavy (non-hydrogen) atoms. The summed E-state index contributed by atoms with van der Waals surface area (Å²) in [5.74, 6) is 0.725. The van der Waals surface area contributed by atoms with Gasteiger partial charge >= 0.3 is 0 Å². The van der Waals surface area contributed by atoms with Gasteiger partial charge in [0, 0.05) is 18.6 Å². The smallest absolute Gasteiger partial charge is 0.0297 e. The molecule has 1 aliphatic rings. The van der Waals surface area contributed by atoms with Crippen LogP contribution in [0.4, 0.5) is 0 Å². The van der Waals surface area contributed by atoms with Crippen LogP contribution in [0.1, 0.15) is 48.6 Å². The fourth-order valence-electron chi connectivity index (χ4n) is 3.46. The van der Waals surface area contributed by atoms with E-state index >= 15 is 0 Å². The van der Waals surface area contributed by atoms with Crippen LogP contribution in [0.15, 0.2) is 12.1 Å². The summed E-state index contributed by atoms with van der Waals surface area (Å²) in [5, 5.41) is 3.87. The van der Waals surface area contributed by atoms with E-state index in [1.165, 1.54) is 41.8 Å². The highest BCUT2D eigenvalue weighted by atomic mass is 15.1. The molecule has 0 aromatic heterocycles. The van der Waals surface area contributed by atoms with Crippen LogP contribution < -0.4 is 5.32 Å². The predicted octanol–water partition coefficient (Wildman–Crippen LogP) is 3.60. The van der Waals surface area contributed by atoms with Gasteiger partial charge in [0.05, 0.1) is 0 Å². The lowest BCUT2D eigenvalue weighted by Gasteiger charge is -2.37. The molecule has 0 spiro atoms. The summed E-state index contributed by atoms with van der Waals surface area (Å²) in [6, 6.07) is 5.76. The highest BCUT2D eigenvalue weighted by Crippen LogP contribution is 2.24. The second kappa shape index (κ2) is 6.28. The molecule has 1 aliphatic heterocycles. The zero-order valence-corrected chi connectivity index (χ0v) is 14.0. The first-order valence-electron chi connectivity index (χ1n) is 7.90. The molecule has 2 nitrogen and oxygen atoms in total. The van der Waals surface area contributed by atoms with E-state index in [1.807, 2.05) is 0 Å². The topological polar surface area (TPSA) is 15.3 Å². The number of piperidine rings is 1. The summed E-state index contributed by atoms with van der Waals surface area (Å²) >= 11 is 0. The van der Waals surface area contributed by atoms with Gasteiger partial charge in [-0.3, -0.25) is 0 Å². The van der Waals surface area contributed by atoms with Crippen LogP contribution in [0.25, 0.3) is 0 Å². The maximum atomic E-state index is 3.87. The maximum Gasteiger partial charge on any atom is 0.0297 e. The molecule has 0 radical (unpaired) electrons. The van der Waals surface area contributed by atoms with E-state index in [4.69, 9.17) is 0 Å². The van der Waals surface area contributed by atoms with Gasteiger partial charge in [0.2, 0.25) is 0 Å². The van der Waals surface area contributed by atoms with Crippen molar-refractivity contribution < 1.29 is 0 Å². The minimum absolute atomic E-state index is 0.435. The molecular formula is C18H30N2. The average Bonchev–Trinajstić information content (AvgIpc) is 2.37. The van der Waals surface area contributed by atoms with E-state index in [1.54, 1.807) is 0 Å². The van der Waals surface area contributed by atoms with E-state index < -0.39 is 0 Å². The van der Waals surface area contributed by atoms with Gasteiger partial charge in [-0.05, 0) is 75.9 Å². The van der Waals surface area contributed by atoms with E-state index in [2.05, 4.69) is 64.0 Å². The molecule has 112 valence electrons. The molecule has 1 aromatic rings. The van der Waals surface area contributed by atoms with Gasteiger partial charge in [0.25, 0.3) is 0 Å². The normalized spacial score (nSPS) is 25.7. The average molecular weight is 274 g/mol. The molecule has 0 bridgehead atoms. The Morgan fingerprint density at radius 2 is 1.80 bits per heavy atom. The van der Waals surface area contributed by atoms with Crippen LogP contribution in [-0.4, -0.2) is 31.1 Å². The van der Waals surface area contributed by atoms with Crippen LogP contribution in [0.3, 0.4) is 0 Å². The molecule has 1 N–H and O–H groups in total. The van der Waals surface area contributed by atoms with Crippen molar-refractivity contribution in [1.82, 2.24) is 10.2 Å². The SMILES string of the molecule is Cc1cc(C)c(C(C)NC2CCN(C)CC2C)cc1C. The third-order valence-corrected chi connectivity index (χ3v) is 4.92. The van der Waals surface area contributed by atoms with Gasteiger partial charge in [0.15, 0.2) is 0 Å². The van der Waals surface area contributed by atoms with Crippen molar-refractivity contribution in [2.24, 2.45) is 5.92 Å². The minimum Gasteiger partial charge on any atom is -0.307 e. The lowest BCUT2D eigenvalue weighted by atomic mass is 9.91. The number of likely N-dealkylation sites (tertiary alicyclic amines) is 1. The lowest BCUT2D eigenvalue weighted by Crippen LogP contribution is -2.47. The van der Waals surface area contributed by atoms with Crippen molar-refractivity contribution >= 4 is 0 Å². The second-order valence-electron chi connectivity index (χ2n) is 6.82. The monoisotopic (exact) mass is 274 g/mol. The summed E-state index contributed by atoms with van der Waals surface area (Å²) in [7, 11) is 2.23. The van der Waals surface area contributed by atoms with Crippen LogP contribution in [0.2, 0.25) is 0 Å². The van der Waals surface area contributed by atoms with Crippen molar-refractivity contribution in [3.8, 4) is 0 Å². The van der Waals surface area contributed by atoms with Gasteiger partial charge in [-0.15, -0.1) is 0 Å². The van der Waals surface area contributed by atoms with Gasteiger partial charge in [-0.1, -0.05) is 19.1 Å². The van der Waals surface area contributed by atoms with Gasteiger partial charge in [-0.2, -0.15) is 0 Å². The molecule has 1 heterocycles. The molecule has 0 aliphatic carbocycles. The van der Waals surface area contributed by atoms with Crippen molar-refractivity contribution in [2.75, 3.05) is 20.1 Å². The summed E-state index contributed by atoms with van der Waals surface area (Å²) < 4.78 is 0. The van der Waals surface area contributed by atoms with Crippen molar-refractivity contribution in [3.05, 3.63) is 34.4 Å². The third kappa shape index (κ3) is 3.42. The molecule has 1 aromatic carbocycles. The molecule has 2 heteroatoms. The molecule has 1 fully saturated rings. The highest BCUT2D eigenvalue weighted by Gasteiger charge is 2.25. The highest BCUT2D eigenvalue weighted by molar-refractivity contribution is 5.38. The fourth-order valence-corrected chi connectivity index (χ4v) is 3.46. The number of benzene rings is 1. The Balaban J connectivity index is 2.08. The van der Waals surface area contributed by atoms with E-state index in [0.29, 0.717) is 12.1 Å². The maximum absolute atomic E-state index is 3.87. The number of nitrogens with one attached hydrogen (secondary N) is 1. The van der Waals surface area contributed by atoms with Crippen molar-refractivity contribution in [2.45, 2.75) is 53.1 Å². The fraction of sp³-hybridized carbons (Fsp3) is 0.667. The number of nitrogens with zero attached hydrogens (tertiary/aromatic N) is 1. The predicted molar refractivity (Wildman–Crippen MR) is 87.3 cm³/mol. The largest absolute Gasteiger partial charge is 0.307 e. The van der Waals surface area contributed by atoms with Crippen molar-refractivity contribution in [3.63, 3.8) is 0 Å². The van der Waals surface area contributed by atoms with Crippen LogP contribution in [0, 0.1) is 26.7 Å². The number of hydrogen-bond donors (Lipinski definition) is 1. The first kappa shape index (κ1) is 15.5. The number of hydrogen-bond acceptors (Lipinski definition) is 2. The minimum atomic E-state index is 0.435. The summed E-state index contributed by atoms with van der Waals surface area (Å²) in [6.45, 7) is 13.7. The van der Waals surface area contributed by atoms with Crippen LogP contribution >= 0.6 is 0 Å². The van der Waals surface area contributed by atoms with Gasteiger partial charge < -0.3 is 10.2 Å². The first-order chi connectivity index (χ1) is 9.38. The Kier molecular flexibility index (Phi) is 4.87.